The fourth-order valence-electron chi connectivity index (χ4n) is 2.13. The fraction of sp³-hybridized carbons (Fsp3) is 0.733. The normalized spacial score (nSPS) is 13.2. The van der Waals surface area contributed by atoms with E-state index in [1.54, 1.807) is 7.11 Å². The van der Waals surface area contributed by atoms with Gasteiger partial charge in [0.2, 0.25) is 0 Å². The molecule has 1 heterocycles. The van der Waals surface area contributed by atoms with E-state index in [9.17, 15) is 0 Å². The lowest BCUT2D eigenvalue weighted by Crippen LogP contribution is -2.34. The zero-order valence-electron chi connectivity index (χ0n) is 13.0. The van der Waals surface area contributed by atoms with Gasteiger partial charge in [-0.2, -0.15) is 0 Å². The van der Waals surface area contributed by atoms with Gasteiger partial charge < -0.3 is 14.5 Å². The summed E-state index contributed by atoms with van der Waals surface area (Å²) < 4.78 is 11.1. The Hall–Kier alpha value is -0.840. The van der Waals surface area contributed by atoms with Gasteiger partial charge in [-0.15, -0.1) is 0 Å². The predicted molar refractivity (Wildman–Crippen MR) is 78.2 cm³/mol. The first-order chi connectivity index (χ1) is 9.12. The molecule has 1 atom stereocenters. The Labute approximate surface area is 117 Å². The average Bonchev–Trinajstić information content (AvgIpc) is 2.74. The Morgan fingerprint density at radius 3 is 2.79 bits per heavy atom. The summed E-state index contributed by atoms with van der Waals surface area (Å²) in [5, 5.41) is 3.13. The van der Waals surface area contributed by atoms with Crippen LogP contribution in [0.15, 0.2) is 10.5 Å². The van der Waals surface area contributed by atoms with Gasteiger partial charge in [0, 0.05) is 19.7 Å². The van der Waals surface area contributed by atoms with Crippen LogP contribution in [0.3, 0.4) is 0 Å². The first-order valence-electron chi connectivity index (χ1n) is 7.08. The molecular weight excluding hydrogens is 240 g/mol. The van der Waals surface area contributed by atoms with Crippen molar-refractivity contribution < 1.29 is 9.15 Å². The summed E-state index contributed by atoms with van der Waals surface area (Å²) in [6.45, 7) is 9.89. The van der Waals surface area contributed by atoms with Crippen molar-refractivity contribution in [3.05, 3.63) is 23.2 Å². The second-order valence-corrected chi connectivity index (χ2v) is 5.07. The third kappa shape index (κ3) is 4.97. The summed E-state index contributed by atoms with van der Waals surface area (Å²) in [5.74, 6) is 2.08. The van der Waals surface area contributed by atoms with Crippen molar-refractivity contribution in [2.75, 3.05) is 27.3 Å². The monoisotopic (exact) mass is 268 g/mol. The number of aryl methyl sites for hydroxylation is 1. The van der Waals surface area contributed by atoms with Crippen LogP contribution in [0.25, 0.3) is 0 Å². The summed E-state index contributed by atoms with van der Waals surface area (Å²) in [6, 6.07) is 2.68. The highest BCUT2D eigenvalue weighted by atomic mass is 16.5. The van der Waals surface area contributed by atoms with Crippen LogP contribution in [0.5, 0.6) is 0 Å². The van der Waals surface area contributed by atoms with Crippen molar-refractivity contribution in [1.82, 2.24) is 10.2 Å². The van der Waals surface area contributed by atoms with Crippen LogP contribution in [0.1, 0.15) is 37.4 Å². The molecule has 0 spiro atoms. The molecule has 0 amide bonds. The molecular formula is C15H28N2O2. The minimum Gasteiger partial charge on any atom is -0.463 e. The van der Waals surface area contributed by atoms with Crippen molar-refractivity contribution in [2.45, 2.75) is 46.3 Å². The lowest BCUT2D eigenvalue weighted by Gasteiger charge is -2.27. The highest BCUT2D eigenvalue weighted by Crippen LogP contribution is 2.18. The van der Waals surface area contributed by atoms with Crippen LogP contribution >= 0.6 is 0 Å². The van der Waals surface area contributed by atoms with Crippen molar-refractivity contribution >= 4 is 0 Å². The zero-order chi connectivity index (χ0) is 14.3. The van der Waals surface area contributed by atoms with Gasteiger partial charge in [-0.3, -0.25) is 4.90 Å². The van der Waals surface area contributed by atoms with E-state index in [2.05, 4.69) is 37.1 Å². The molecule has 0 radical (unpaired) electrons. The zero-order valence-corrected chi connectivity index (χ0v) is 13.0. The van der Waals surface area contributed by atoms with Crippen LogP contribution in [-0.2, 0) is 17.8 Å². The molecule has 4 heteroatoms. The SMILES string of the molecule is CCC(C)N(CCOC)Cc1cc(C)c(CNC)o1. The van der Waals surface area contributed by atoms with Crippen LogP contribution < -0.4 is 5.32 Å². The smallest absolute Gasteiger partial charge is 0.120 e. The van der Waals surface area contributed by atoms with Crippen LogP contribution in [-0.4, -0.2) is 38.3 Å². The molecule has 1 unspecified atom stereocenters. The fourth-order valence-corrected chi connectivity index (χ4v) is 2.13. The van der Waals surface area contributed by atoms with Crippen molar-refractivity contribution in [1.29, 1.82) is 0 Å². The minimum atomic E-state index is 0.535. The Balaban J connectivity index is 2.69. The van der Waals surface area contributed by atoms with Gasteiger partial charge in [0.25, 0.3) is 0 Å². The molecule has 110 valence electrons. The molecule has 4 nitrogen and oxygen atoms in total. The first kappa shape index (κ1) is 16.2. The molecule has 1 aromatic rings. The lowest BCUT2D eigenvalue weighted by atomic mass is 10.2. The number of ether oxygens (including phenoxy) is 1. The Morgan fingerprint density at radius 1 is 1.47 bits per heavy atom. The van der Waals surface area contributed by atoms with E-state index < -0.39 is 0 Å². The highest BCUT2D eigenvalue weighted by Gasteiger charge is 2.15. The van der Waals surface area contributed by atoms with Crippen LogP contribution in [0.2, 0.25) is 0 Å². The van der Waals surface area contributed by atoms with Gasteiger partial charge in [-0.25, -0.2) is 0 Å². The second-order valence-electron chi connectivity index (χ2n) is 5.07. The maximum absolute atomic E-state index is 5.91. The first-order valence-corrected chi connectivity index (χ1v) is 7.08. The number of hydrogen-bond acceptors (Lipinski definition) is 4. The van der Waals surface area contributed by atoms with E-state index in [-0.39, 0.29) is 0 Å². The molecule has 0 bridgehead atoms. The third-order valence-corrected chi connectivity index (χ3v) is 3.56. The summed E-state index contributed by atoms with van der Waals surface area (Å²) in [4.78, 5) is 2.41. The number of nitrogens with zero attached hydrogens (tertiary/aromatic N) is 1. The summed E-state index contributed by atoms with van der Waals surface area (Å²) in [5.41, 5.74) is 1.22. The lowest BCUT2D eigenvalue weighted by molar-refractivity contribution is 0.112. The number of rotatable bonds is 9. The Kier molecular flexibility index (Phi) is 7.13. The number of hydrogen-bond donors (Lipinski definition) is 1. The van der Waals surface area contributed by atoms with Crippen molar-refractivity contribution in [3.8, 4) is 0 Å². The summed E-state index contributed by atoms with van der Waals surface area (Å²) in [7, 11) is 3.68. The van der Waals surface area contributed by atoms with E-state index in [0.717, 1.165) is 44.2 Å². The van der Waals surface area contributed by atoms with Gasteiger partial charge in [-0.05, 0) is 38.9 Å². The highest BCUT2D eigenvalue weighted by molar-refractivity contribution is 5.20. The minimum absolute atomic E-state index is 0.535. The largest absolute Gasteiger partial charge is 0.463 e. The van der Waals surface area contributed by atoms with Crippen LogP contribution in [0.4, 0.5) is 0 Å². The third-order valence-electron chi connectivity index (χ3n) is 3.56. The summed E-state index contributed by atoms with van der Waals surface area (Å²) >= 11 is 0. The molecule has 0 saturated heterocycles. The average molecular weight is 268 g/mol. The van der Waals surface area contributed by atoms with Crippen LogP contribution in [0, 0.1) is 6.92 Å². The predicted octanol–water partition coefficient (Wildman–Crippen LogP) is 2.55. The van der Waals surface area contributed by atoms with Gasteiger partial charge in [0.15, 0.2) is 0 Å². The van der Waals surface area contributed by atoms with Crippen molar-refractivity contribution in [3.63, 3.8) is 0 Å². The molecule has 0 aliphatic heterocycles. The molecule has 0 aliphatic carbocycles. The second kappa shape index (κ2) is 8.35. The maximum Gasteiger partial charge on any atom is 0.120 e. The molecule has 19 heavy (non-hydrogen) atoms. The van der Waals surface area contributed by atoms with E-state index in [0.29, 0.717) is 6.04 Å². The maximum atomic E-state index is 5.91. The van der Waals surface area contributed by atoms with Crippen molar-refractivity contribution in [2.24, 2.45) is 0 Å². The molecule has 1 N–H and O–H groups in total. The molecule has 0 fully saturated rings. The standard InChI is InChI=1S/C15H28N2O2/c1-6-13(3)17(7-8-18-5)11-14-9-12(2)15(19-14)10-16-4/h9,13,16H,6-8,10-11H2,1-5H3. The molecule has 0 aromatic carbocycles. The number of nitrogens with one attached hydrogen (secondary N) is 1. The van der Waals surface area contributed by atoms with Gasteiger partial charge in [-0.1, -0.05) is 6.92 Å². The molecule has 0 saturated carbocycles. The van der Waals surface area contributed by atoms with Gasteiger partial charge in [0.05, 0.1) is 19.7 Å². The summed E-state index contributed by atoms with van der Waals surface area (Å²) in [6.07, 6.45) is 1.13. The quantitative estimate of drug-likeness (QED) is 0.747. The number of methoxy groups -OCH3 is 1. The van der Waals surface area contributed by atoms with E-state index in [1.807, 2.05) is 7.05 Å². The molecule has 0 aliphatic rings. The molecule has 1 aromatic heterocycles. The van der Waals surface area contributed by atoms with Gasteiger partial charge >= 0.3 is 0 Å². The van der Waals surface area contributed by atoms with E-state index in [1.165, 1.54) is 5.56 Å². The topological polar surface area (TPSA) is 37.6 Å². The number of furan rings is 1. The van der Waals surface area contributed by atoms with E-state index in [4.69, 9.17) is 9.15 Å². The Bertz CT molecular complexity index is 363. The van der Waals surface area contributed by atoms with E-state index >= 15 is 0 Å². The molecule has 1 rings (SSSR count). The Morgan fingerprint density at radius 2 is 2.21 bits per heavy atom. The van der Waals surface area contributed by atoms with Gasteiger partial charge in [0.1, 0.15) is 11.5 Å².